The Morgan fingerprint density at radius 1 is 1.33 bits per heavy atom. The Kier molecular flexibility index (Phi) is 8.91. The molecule has 3 N–H and O–H groups in total. The number of hydrogen-bond donors (Lipinski definition) is 2. The van der Waals surface area contributed by atoms with Gasteiger partial charge in [0.05, 0.1) is 6.04 Å². The second kappa shape index (κ2) is 9.04. The van der Waals surface area contributed by atoms with Crippen molar-refractivity contribution < 1.29 is 4.79 Å². The van der Waals surface area contributed by atoms with Crippen LogP contribution >= 0.6 is 11.8 Å². The second-order valence-corrected chi connectivity index (χ2v) is 5.32. The third-order valence-electron chi connectivity index (χ3n) is 2.18. The maximum absolute atomic E-state index is 11.0. The van der Waals surface area contributed by atoms with E-state index < -0.39 is 0 Å². The zero-order valence-corrected chi connectivity index (χ0v) is 10.9. The number of primary amides is 1. The molecule has 1 unspecified atom stereocenters. The highest BCUT2D eigenvalue weighted by molar-refractivity contribution is 7.99. The van der Waals surface area contributed by atoms with E-state index in [9.17, 15) is 4.79 Å². The average molecular weight is 232 g/mol. The van der Waals surface area contributed by atoms with Gasteiger partial charge in [-0.2, -0.15) is 11.8 Å². The number of hydrogen-bond acceptors (Lipinski definition) is 3. The van der Waals surface area contributed by atoms with Gasteiger partial charge >= 0.3 is 0 Å². The molecule has 0 aromatic heterocycles. The Bertz CT molecular complexity index is 174. The van der Waals surface area contributed by atoms with Gasteiger partial charge in [-0.15, -0.1) is 0 Å². The molecule has 0 fully saturated rings. The molecule has 0 aliphatic rings. The van der Waals surface area contributed by atoms with Gasteiger partial charge in [0.1, 0.15) is 0 Å². The lowest BCUT2D eigenvalue weighted by Gasteiger charge is -2.13. The average Bonchev–Trinajstić information content (AvgIpc) is 2.15. The molecule has 1 atom stereocenters. The molecule has 0 rings (SSSR count). The molecule has 0 radical (unpaired) electrons. The first-order valence-electron chi connectivity index (χ1n) is 5.68. The normalized spacial score (nSPS) is 13.1. The van der Waals surface area contributed by atoms with Gasteiger partial charge in [0.2, 0.25) is 5.91 Å². The number of rotatable bonds is 9. The summed E-state index contributed by atoms with van der Waals surface area (Å²) in [5.74, 6) is 2.71. The first-order chi connectivity index (χ1) is 7.07. The number of nitrogens with two attached hydrogens (primary N) is 1. The zero-order valence-electron chi connectivity index (χ0n) is 10.1. The van der Waals surface area contributed by atoms with Gasteiger partial charge in [0, 0.05) is 0 Å². The number of amides is 1. The maximum Gasteiger partial charge on any atom is 0.234 e. The van der Waals surface area contributed by atoms with E-state index in [2.05, 4.69) is 19.2 Å². The van der Waals surface area contributed by atoms with Crippen LogP contribution in [0.25, 0.3) is 0 Å². The summed E-state index contributed by atoms with van der Waals surface area (Å²) >= 11 is 1.91. The fraction of sp³-hybridized carbons (Fsp3) is 0.909. The van der Waals surface area contributed by atoms with Crippen LogP contribution in [-0.2, 0) is 4.79 Å². The molecular formula is C11H24N2OS. The molecule has 15 heavy (non-hydrogen) atoms. The molecule has 0 aliphatic carbocycles. The summed E-state index contributed by atoms with van der Waals surface area (Å²) in [7, 11) is 0. The topological polar surface area (TPSA) is 55.1 Å². The Morgan fingerprint density at radius 3 is 2.40 bits per heavy atom. The van der Waals surface area contributed by atoms with E-state index in [1.54, 1.807) is 0 Å². The summed E-state index contributed by atoms with van der Waals surface area (Å²) in [6.45, 7) is 7.24. The van der Waals surface area contributed by atoms with Crippen LogP contribution in [0.3, 0.4) is 0 Å². The fourth-order valence-electron chi connectivity index (χ4n) is 1.21. The molecule has 90 valence electrons. The molecule has 0 aromatic rings. The second-order valence-electron chi connectivity index (χ2n) is 4.10. The number of likely N-dealkylation sites (N-methyl/N-ethyl adjacent to an activating group) is 1. The lowest BCUT2D eigenvalue weighted by atomic mass is 10.2. The van der Waals surface area contributed by atoms with Crippen LogP contribution in [0.4, 0.5) is 0 Å². The molecule has 4 heteroatoms. The summed E-state index contributed by atoms with van der Waals surface area (Å²) < 4.78 is 0. The van der Waals surface area contributed by atoms with Crippen LogP contribution in [0.15, 0.2) is 0 Å². The Labute approximate surface area is 97.6 Å². The quantitative estimate of drug-likeness (QED) is 0.594. The van der Waals surface area contributed by atoms with Crippen molar-refractivity contribution in [3.05, 3.63) is 0 Å². The van der Waals surface area contributed by atoms with Crippen LogP contribution < -0.4 is 11.1 Å². The smallest absolute Gasteiger partial charge is 0.234 e. The Balaban J connectivity index is 3.49. The third-order valence-corrected chi connectivity index (χ3v) is 3.23. The number of nitrogens with one attached hydrogen (secondary N) is 1. The first kappa shape index (κ1) is 14.8. The molecule has 0 aliphatic heterocycles. The van der Waals surface area contributed by atoms with Gasteiger partial charge in [-0.05, 0) is 36.8 Å². The monoisotopic (exact) mass is 232 g/mol. The van der Waals surface area contributed by atoms with E-state index in [4.69, 9.17) is 5.73 Å². The molecule has 0 saturated heterocycles. The standard InChI is InChI=1S/C11H24N2OS/c1-4-13-10(11(12)14)6-8-15-7-5-9(2)3/h9-10,13H,4-8H2,1-3H3,(H2,12,14). The Morgan fingerprint density at radius 2 is 1.93 bits per heavy atom. The fourth-order valence-corrected chi connectivity index (χ4v) is 2.46. The minimum atomic E-state index is -0.235. The number of carbonyl (C=O) groups excluding carboxylic acids is 1. The van der Waals surface area contributed by atoms with Crippen molar-refractivity contribution in [3.63, 3.8) is 0 Å². The number of thioether (sulfide) groups is 1. The summed E-state index contributed by atoms with van der Waals surface area (Å²) in [6.07, 6.45) is 2.08. The molecule has 3 nitrogen and oxygen atoms in total. The lowest BCUT2D eigenvalue weighted by molar-refractivity contribution is -0.120. The van der Waals surface area contributed by atoms with Crippen molar-refractivity contribution in [2.24, 2.45) is 11.7 Å². The van der Waals surface area contributed by atoms with Gasteiger partial charge in [-0.3, -0.25) is 4.79 Å². The van der Waals surface area contributed by atoms with E-state index in [0.29, 0.717) is 0 Å². The summed E-state index contributed by atoms with van der Waals surface area (Å²) in [5.41, 5.74) is 5.28. The van der Waals surface area contributed by atoms with Crippen molar-refractivity contribution in [3.8, 4) is 0 Å². The SMILES string of the molecule is CCNC(CCSCCC(C)C)C(N)=O. The molecule has 0 spiro atoms. The van der Waals surface area contributed by atoms with Crippen molar-refractivity contribution in [1.82, 2.24) is 5.32 Å². The van der Waals surface area contributed by atoms with E-state index in [1.807, 2.05) is 18.7 Å². The van der Waals surface area contributed by atoms with Crippen molar-refractivity contribution in [2.75, 3.05) is 18.1 Å². The molecule has 1 amide bonds. The van der Waals surface area contributed by atoms with E-state index >= 15 is 0 Å². The maximum atomic E-state index is 11.0. The zero-order chi connectivity index (χ0) is 11.7. The van der Waals surface area contributed by atoms with E-state index in [0.717, 1.165) is 24.6 Å². The highest BCUT2D eigenvalue weighted by atomic mass is 32.2. The minimum Gasteiger partial charge on any atom is -0.368 e. The van der Waals surface area contributed by atoms with Crippen LogP contribution in [0.1, 0.15) is 33.6 Å². The Hall–Kier alpha value is -0.220. The van der Waals surface area contributed by atoms with Gasteiger partial charge in [0.15, 0.2) is 0 Å². The van der Waals surface area contributed by atoms with Gasteiger partial charge in [-0.1, -0.05) is 20.8 Å². The largest absolute Gasteiger partial charge is 0.368 e. The lowest BCUT2D eigenvalue weighted by Crippen LogP contribution is -2.41. The number of carbonyl (C=O) groups is 1. The summed E-state index contributed by atoms with van der Waals surface area (Å²) in [5, 5.41) is 3.09. The van der Waals surface area contributed by atoms with Gasteiger partial charge in [-0.25, -0.2) is 0 Å². The highest BCUT2D eigenvalue weighted by Gasteiger charge is 2.12. The molecular weight excluding hydrogens is 208 g/mol. The van der Waals surface area contributed by atoms with Crippen LogP contribution in [0.2, 0.25) is 0 Å². The molecule has 0 aromatic carbocycles. The first-order valence-corrected chi connectivity index (χ1v) is 6.83. The predicted molar refractivity (Wildman–Crippen MR) is 68.1 cm³/mol. The summed E-state index contributed by atoms with van der Waals surface area (Å²) in [4.78, 5) is 11.0. The van der Waals surface area contributed by atoms with Crippen LogP contribution in [0, 0.1) is 5.92 Å². The summed E-state index contributed by atoms with van der Waals surface area (Å²) in [6, 6.07) is -0.151. The van der Waals surface area contributed by atoms with E-state index in [1.165, 1.54) is 12.2 Å². The molecule has 0 saturated carbocycles. The molecule has 0 heterocycles. The van der Waals surface area contributed by atoms with Crippen molar-refractivity contribution in [1.29, 1.82) is 0 Å². The van der Waals surface area contributed by atoms with Crippen molar-refractivity contribution in [2.45, 2.75) is 39.7 Å². The molecule has 0 bridgehead atoms. The predicted octanol–water partition coefficient (Wildman–Crippen LogP) is 1.62. The van der Waals surface area contributed by atoms with Crippen LogP contribution in [-0.4, -0.2) is 30.0 Å². The minimum absolute atomic E-state index is 0.151. The highest BCUT2D eigenvalue weighted by Crippen LogP contribution is 2.10. The van der Waals surface area contributed by atoms with Gasteiger partial charge in [0.25, 0.3) is 0 Å². The van der Waals surface area contributed by atoms with Crippen LogP contribution in [0.5, 0.6) is 0 Å². The van der Waals surface area contributed by atoms with Gasteiger partial charge < -0.3 is 11.1 Å². The third kappa shape index (κ3) is 8.75. The van der Waals surface area contributed by atoms with E-state index in [-0.39, 0.29) is 11.9 Å². The van der Waals surface area contributed by atoms with Crippen molar-refractivity contribution >= 4 is 17.7 Å².